The molecule has 1 heterocycles. The zero-order valence-corrected chi connectivity index (χ0v) is 20.1. The highest BCUT2D eigenvalue weighted by Gasteiger charge is 2.33. The van der Waals surface area contributed by atoms with Crippen LogP contribution in [-0.4, -0.2) is 31.8 Å². The Hall–Kier alpha value is -2.70. The summed E-state index contributed by atoms with van der Waals surface area (Å²) in [5.74, 6) is 0.746. The Morgan fingerprint density at radius 2 is 1.75 bits per heavy atom. The molecule has 0 radical (unpaired) electrons. The fourth-order valence-electron chi connectivity index (χ4n) is 3.72. The Balaban J connectivity index is 2.07. The molecule has 7 nitrogen and oxygen atoms in total. The summed E-state index contributed by atoms with van der Waals surface area (Å²) in [5, 5.41) is 5.47. The topological polar surface area (TPSA) is 85.9 Å². The van der Waals surface area contributed by atoms with Gasteiger partial charge in [-0.1, -0.05) is 51.5 Å². The van der Waals surface area contributed by atoms with Crippen LogP contribution >= 0.6 is 0 Å². The fourth-order valence-corrected chi connectivity index (χ4v) is 3.72. The molecule has 1 aliphatic rings. The van der Waals surface area contributed by atoms with Crippen LogP contribution in [0.2, 0.25) is 0 Å². The zero-order chi connectivity index (χ0) is 23.5. The molecule has 7 heteroatoms. The average molecular weight is 447 g/mol. The molecule has 0 saturated carbocycles. The summed E-state index contributed by atoms with van der Waals surface area (Å²) < 4.78 is 16.9. The third-order valence-corrected chi connectivity index (χ3v) is 5.36. The van der Waals surface area contributed by atoms with Crippen LogP contribution in [0.25, 0.3) is 0 Å². The number of hydrogen-bond acceptors (Lipinski definition) is 5. The summed E-state index contributed by atoms with van der Waals surface area (Å²) in [6.07, 6.45) is 8.26. The van der Waals surface area contributed by atoms with Crippen LogP contribution in [0, 0.1) is 0 Å². The van der Waals surface area contributed by atoms with Crippen molar-refractivity contribution in [2.45, 2.75) is 84.8 Å². The van der Waals surface area contributed by atoms with Gasteiger partial charge in [-0.15, -0.1) is 0 Å². The largest absolute Gasteiger partial charge is 0.493 e. The molecule has 1 aromatic carbocycles. The van der Waals surface area contributed by atoms with Gasteiger partial charge in [0.2, 0.25) is 0 Å². The van der Waals surface area contributed by atoms with Gasteiger partial charge in [0.15, 0.2) is 11.5 Å². The molecule has 0 bridgehead atoms. The molecular weight excluding hydrogens is 408 g/mol. The number of ether oxygens (including phenoxy) is 3. The van der Waals surface area contributed by atoms with Crippen molar-refractivity contribution in [2.75, 3.05) is 13.7 Å². The fraction of sp³-hybridized carbons (Fsp3) is 0.600. The van der Waals surface area contributed by atoms with Crippen molar-refractivity contribution >= 4 is 12.0 Å². The highest BCUT2D eigenvalue weighted by molar-refractivity contribution is 5.95. The maximum Gasteiger partial charge on any atom is 0.338 e. The lowest BCUT2D eigenvalue weighted by Crippen LogP contribution is -2.45. The summed E-state index contributed by atoms with van der Waals surface area (Å²) in [6, 6.07) is 4.46. The van der Waals surface area contributed by atoms with E-state index in [1.807, 2.05) is 12.1 Å². The van der Waals surface area contributed by atoms with Crippen LogP contribution in [0.15, 0.2) is 29.5 Å². The van der Waals surface area contributed by atoms with Gasteiger partial charge < -0.3 is 24.8 Å². The quantitative estimate of drug-likeness (QED) is 0.313. The molecule has 0 aromatic heterocycles. The van der Waals surface area contributed by atoms with E-state index in [1.54, 1.807) is 33.9 Å². The van der Waals surface area contributed by atoms with E-state index in [9.17, 15) is 9.59 Å². The number of carbonyl (C=O) groups excluding carboxylic acids is 2. The van der Waals surface area contributed by atoms with Crippen molar-refractivity contribution in [1.29, 1.82) is 0 Å². The predicted molar refractivity (Wildman–Crippen MR) is 125 cm³/mol. The van der Waals surface area contributed by atoms with Gasteiger partial charge in [0.1, 0.15) is 0 Å². The van der Waals surface area contributed by atoms with E-state index >= 15 is 0 Å². The van der Waals surface area contributed by atoms with Crippen LogP contribution in [0.3, 0.4) is 0 Å². The maximum absolute atomic E-state index is 12.7. The van der Waals surface area contributed by atoms with E-state index in [0.29, 0.717) is 29.4 Å². The van der Waals surface area contributed by atoms with Gasteiger partial charge in [-0.25, -0.2) is 9.59 Å². The highest BCUT2D eigenvalue weighted by atomic mass is 16.5. The number of methoxy groups -OCH3 is 1. The second-order valence-corrected chi connectivity index (χ2v) is 8.40. The predicted octanol–water partition coefficient (Wildman–Crippen LogP) is 5.40. The molecule has 1 aliphatic heterocycles. The minimum Gasteiger partial charge on any atom is -0.493 e. The monoisotopic (exact) mass is 446 g/mol. The number of unbranched alkanes of at least 4 members (excludes halogenated alkanes) is 6. The smallest absolute Gasteiger partial charge is 0.338 e. The van der Waals surface area contributed by atoms with Gasteiger partial charge in [-0.2, -0.15) is 0 Å². The number of esters is 1. The lowest BCUT2D eigenvalue weighted by molar-refractivity contribution is -0.143. The molecule has 178 valence electrons. The normalized spacial score (nSPS) is 15.9. The highest BCUT2D eigenvalue weighted by Crippen LogP contribution is 2.34. The molecule has 0 fully saturated rings. The van der Waals surface area contributed by atoms with E-state index < -0.39 is 12.0 Å². The van der Waals surface area contributed by atoms with Gasteiger partial charge in [-0.05, 0) is 44.9 Å². The summed E-state index contributed by atoms with van der Waals surface area (Å²) in [4.78, 5) is 24.8. The van der Waals surface area contributed by atoms with Gasteiger partial charge in [0.05, 0.1) is 31.4 Å². The third kappa shape index (κ3) is 7.46. The molecule has 32 heavy (non-hydrogen) atoms. The molecule has 1 unspecified atom stereocenters. The van der Waals surface area contributed by atoms with Crippen LogP contribution < -0.4 is 20.1 Å². The van der Waals surface area contributed by atoms with Crippen LogP contribution in [0.4, 0.5) is 4.79 Å². The molecule has 0 spiro atoms. The van der Waals surface area contributed by atoms with E-state index in [-0.39, 0.29) is 12.1 Å². The molecule has 0 saturated heterocycles. The van der Waals surface area contributed by atoms with Gasteiger partial charge >= 0.3 is 12.0 Å². The number of nitrogens with one attached hydrogen (secondary N) is 2. The number of allylic oxidation sites excluding steroid dienone is 1. The first-order chi connectivity index (χ1) is 15.4. The molecular formula is C25H38N2O5. The number of amides is 2. The van der Waals surface area contributed by atoms with Gasteiger partial charge in [0.25, 0.3) is 0 Å². The van der Waals surface area contributed by atoms with E-state index in [1.165, 1.54) is 32.1 Å². The molecule has 1 atom stereocenters. The number of urea groups is 1. The standard InChI is InChI=1S/C25H38N2O5/c1-6-7-8-9-10-11-12-15-31-20-14-13-19(16-21(20)30-5)23-22(24(28)32-17(2)3)18(4)26-25(29)27-23/h13-14,16-17,23H,6-12,15H2,1-5H3,(H2,26,27,29). The molecule has 0 aliphatic carbocycles. The summed E-state index contributed by atoms with van der Waals surface area (Å²) in [6.45, 7) is 8.12. The summed E-state index contributed by atoms with van der Waals surface area (Å²) in [7, 11) is 1.58. The Kier molecular flexibility index (Phi) is 10.4. The van der Waals surface area contributed by atoms with Gasteiger partial charge in [-0.3, -0.25) is 0 Å². The number of hydrogen-bond donors (Lipinski definition) is 2. The van der Waals surface area contributed by atoms with E-state index in [0.717, 1.165) is 18.4 Å². The second kappa shape index (κ2) is 13.0. The molecule has 1 aromatic rings. The van der Waals surface area contributed by atoms with Crippen molar-refractivity contribution in [2.24, 2.45) is 0 Å². The van der Waals surface area contributed by atoms with E-state index in [2.05, 4.69) is 17.6 Å². The Bertz CT molecular complexity index is 804. The van der Waals surface area contributed by atoms with E-state index in [4.69, 9.17) is 14.2 Å². The first kappa shape index (κ1) is 25.6. The minimum absolute atomic E-state index is 0.266. The average Bonchev–Trinajstić information content (AvgIpc) is 2.74. The lowest BCUT2D eigenvalue weighted by atomic mass is 9.95. The number of carbonyl (C=O) groups is 2. The van der Waals surface area contributed by atoms with Crippen LogP contribution in [0.1, 0.15) is 84.2 Å². The van der Waals surface area contributed by atoms with Crippen molar-refractivity contribution in [3.05, 3.63) is 35.0 Å². The van der Waals surface area contributed by atoms with Crippen molar-refractivity contribution in [1.82, 2.24) is 10.6 Å². The Morgan fingerprint density at radius 3 is 2.41 bits per heavy atom. The summed E-state index contributed by atoms with van der Waals surface area (Å²) >= 11 is 0. The molecule has 2 N–H and O–H groups in total. The van der Waals surface area contributed by atoms with Gasteiger partial charge in [0, 0.05) is 5.70 Å². The third-order valence-electron chi connectivity index (χ3n) is 5.36. The number of rotatable bonds is 13. The van der Waals surface area contributed by atoms with Crippen LogP contribution in [0.5, 0.6) is 11.5 Å². The van der Waals surface area contributed by atoms with Crippen molar-refractivity contribution < 1.29 is 23.8 Å². The maximum atomic E-state index is 12.7. The minimum atomic E-state index is -0.638. The first-order valence-corrected chi connectivity index (χ1v) is 11.7. The summed E-state index contributed by atoms with van der Waals surface area (Å²) in [5.41, 5.74) is 1.56. The molecule has 2 rings (SSSR count). The zero-order valence-electron chi connectivity index (χ0n) is 20.1. The molecule has 2 amide bonds. The lowest BCUT2D eigenvalue weighted by Gasteiger charge is -2.29. The van der Waals surface area contributed by atoms with Crippen LogP contribution in [-0.2, 0) is 9.53 Å². The Labute approximate surface area is 191 Å². The Morgan fingerprint density at radius 1 is 1.06 bits per heavy atom. The van der Waals surface area contributed by atoms with Crippen molar-refractivity contribution in [3.8, 4) is 11.5 Å². The van der Waals surface area contributed by atoms with Crippen molar-refractivity contribution in [3.63, 3.8) is 0 Å². The number of benzene rings is 1. The SMILES string of the molecule is CCCCCCCCCOc1ccc(C2NC(=O)NC(C)=C2C(=O)OC(C)C)cc1OC. The first-order valence-electron chi connectivity index (χ1n) is 11.7. The second-order valence-electron chi connectivity index (χ2n) is 8.40.